The fourth-order valence-corrected chi connectivity index (χ4v) is 3.16. The Morgan fingerprint density at radius 2 is 2.23 bits per heavy atom. The first-order valence-corrected chi connectivity index (χ1v) is 5.80. The molecule has 1 aliphatic rings. The molecular weight excluding hydrogens is 178 g/mol. The molecule has 0 saturated heterocycles. The van der Waals surface area contributed by atoms with E-state index in [0.29, 0.717) is 5.92 Å². The van der Waals surface area contributed by atoms with Crippen LogP contribution in [0.25, 0.3) is 0 Å². The van der Waals surface area contributed by atoms with E-state index < -0.39 is 0 Å². The minimum absolute atomic E-state index is 0.604. The maximum atomic E-state index is 4.46. The number of fused-ring (bicyclic) bond motifs is 1. The standard InChI is InChI=1S/C11H15NS/c1-7(2)10-6-12-8(3)9-4-5-13-11(9)10/h6-7H,4-5H2,1-3H3. The van der Waals surface area contributed by atoms with E-state index >= 15 is 0 Å². The second-order valence-corrected chi connectivity index (χ2v) is 4.96. The summed E-state index contributed by atoms with van der Waals surface area (Å²) in [5, 5.41) is 0. The Balaban J connectivity index is 2.56. The van der Waals surface area contributed by atoms with Crippen molar-refractivity contribution in [1.29, 1.82) is 0 Å². The first-order valence-electron chi connectivity index (χ1n) is 4.81. The fraction of sp³-hybridized carbons (Fsp3) is 0.545. The Morgan fingerprint density at radius 1 is 1.46 bits per heavy atom. The van der Waals surface area contributed by atoms with E-state index in [1.165, 1.54) is 33.9 Å². The van der Waals surface area contributed by atoms with Gasteiger partial charge in [0.05, 0.1) is 0 Å². The van der Waals surface area contributed by atoms with Crippen LogP contribution in [0.15, 0.2) is 11.1 Å². The first kappa shape index (κ1) is 9.07. The van der Waals surface area contributed by atoms with Crippen molar-refractivity contribution >= 4 is 11.8 Å². The number of aromatic nitrogens is 1. The zero-order valence-corrected chi connectivity index (χ0v) is 9.24. The topological polar surface area (TPSA) is 12.9 Å². The second-order valence-electron chi connectivity index (χ2n) is 3.86. The third-order valence-electron chi connectivity index (χ3n) is 2.59. The van der Waals surface area contributed by atoms with E-state index in [1.807, 2.05) is 11.8 Å². The van der Waals surface area contributed by atoms with Crippen LogP contribution in [0.3, 0.4) is 0 Å². The Morgan fingerprint density at radius 3 is 2.92 bits per heavy atom. The van der Waals surface area contributed by atoms with E-state index in [2.05, 4.69) is 32.0 Å². The largest absolute Gasteiger partial charge is 0.261 e. The van der Waals surface area contributed by atoms with Crippen molar-refractivity contribution in [2.24, 2.45) is 0 Å². The van der Waals surface area contributed by atoms with Gasteiger partial charge in [0, 0.05) is 22.5 Å². The van der Waals surface area contributed by atoms with Crippen LogP contribution in [-0.2, 0) is 6.42 Å². The van der Waals surface area contributed by atoms with Gasteiger partial charge in [-0.15, -0.1) is 11.8 Å². The van der Waals surface area contributed by atoms with Crippen LogP contribution in [0.1, 0.15) is 36.6 Å². The number of thioether (sulfide) groups is 1. The van der Waals surface area contributed by atoms with Gasteiger partial charge in [-0.3, -0.25) is 4.98 Å². The molecule has 0 fully saturated rings. The van der Waals surface area contributed by atoms with Crippen LogP contribution < -0.4 is 0 Å². The predicted octanol–water partition coefficient (Wildman–Crippen LogP) is 3.16. The Bertz CT molecular complexity index is 331. The lowest BCUT2D eigenvalue weighted by Crippen LogP contribution is -1.97. The average Bonchev–Trinajstić information content (AvgIpc) is 2.53. The molecule has 0 radical (unpaired) electrons. The van der Waals surface area contributed by atoms with Crippen molar-refractivity contribution in [2.75, 3.05) is 5.75 Å². The van der Waals surface area contributed by atoms with Crippen LogP contribution in [0.4, 0.5) is 0 Å². The summed E-state index contributed by atoms with van der Waals surface area (Å²) in [6.07, 6.45) is 3.26. The van der Waals surface area contributed by atoms with Gasteiger partial charge in [0.15, 0.2) is 0 Å². The number of aryl methyl sites for hydroxylation is 1. The molecule has 0 spiro atoms. The Kier molecular flexibility index (Phi) is 2.33. The summed E-state index contributed by atoms with van der Waals surface area (Å²) in [5.74, 6) is 1.84. The van der Waals surface area contributed by atoms with Gasteiger partial charge in [-0.05, 0) is 30.4 Å². The molecule has 70 valence electrons. The number of hydrogen-bond donors (Lipinski definition) is 0. The smallest absolute Gasteiger partial charge is 0.0416 e. The summed E-state index contributed by atoms with van der Waals surface area (Å²) in [6.45, 7) is 6.60. The van der Waals surface area contributed by atoms with Crippen molar-refractivity contribution in [3.8, 4) is 0 Å². The Labute approximate surface area is 84.0 Å². The molecule has 2 rings (SSSR count). The zero-order valence-electron chi connectivity index (χ0n) is 8.42. The summed E-state index contributed by atoms with van der Waals surface area (Å²) in [7, 11) is 0. The highest BCUT2D eigenvalue weighted by molar-refractivity contribution is 7.99. The van der Waals surface area contributed by atoms with Gasteiger partial charge in [0.25, 0.3) is 0 Å². The van der Waals surface area contributed by atoms with Gasteiger partial charge < -0.3 is 0 Å². The van der Waals surface area contributed by atoms with Crippen LogP contribution in [0.2, 0.25) is 0 Å². The summed E-state index contributed by atoms with van der Waals surface area (Å²) >= 11 is 2.00. The quantitative estimate of drug-likeness (QED) is 0.679. The summed E-state index contributed by atoms with van der Waals surface area (Å²) in [4.78, 5) is 5.97. The molecule has 1 aromatic heterocycles. The maximum Gasteiger partial charge on any atom is 0.0416 e. The van der Waals surface area contributed by atoms with Crippen molar-refractivity contribution in [2.45, 2.75) is 38.0 Å². The number of pyridine rings is 1. The highest BCUT2D eigenvalue weighted by Gasteiger charge is 2.19. The molecule has 1 aromatic rings. The predicted molar refractivity (Wildman–Crippen MR) is 57.5 cm³/mol. The average molecular weight is 193 g/mol. The highest BCUT2D eigenvalue weighted by Crippen LogP contribution is 2.38. The van der Waals surface area contributed by atoms with Crippen molar-refractivity contribution in [1.82, 2.24) is 4.98 Å². The fourth-order valence-electron chi connectivity index (χ4n) is 1.77. The minimum atomic E-state index is 0.604. The SMILES string of the molecule is Cc1ncc(C(C)C)c2c1CCS2. The molecule has 0 amide bonds. The zero-order chi connectivity index (χ0) is 9.42. The lowest BCUT2D eigenvalue weighted by molar-refractivity contribution is 0.819. The van der Waals surface area contributed by atoms with Gasteiger partial charge in [-0.25, -0.2) is 0 Å². The molecule has 1 aliphatic heterocycles. The third kappa shape index (κ3) is 1.48. The molecule has 0 aromatic carbocycles. The minimum Gasteiger partial charge on any atom is -0.261 e. The van der Waals surface area contributed by atoms with E-state index in [1.54, 1.807) is 0 Å². The molecule has 0 atom stereocenters. The first-order chi connectivity index (χ1) is 6.20. The van der Waals surface area contributed by atoms with E-state index in [9.17, 15) is 0 Å². The van der Waals surface area contributed by atoms with Crippen molar-refractivity contribution in [3.05, 3.63) is 23.0 Å². The summed E-state index contributed by atoms with van der Waals surface area (Å²) in [5.41, 5.74) is 4.16. The van der Waals surface area contributed by atoms with Gasteiger partial charge >= 0.3 is 0 Å². The van der Waals surface area contributed by atoms with Crippen molar-refractivity contribution < 1.29 is 0 Å². The van der Waals surface area contributed by atoms with E-state index in [0.717, 1.165) is 0 Å². The van der Waals surface area contributed by atoms with Gasteiger partial charge in [-0.1, -0.05) is 13.8 Å². The van der Waals surface area contributed by atoms with Gasteiger partial charge in [0.1, 0.15) is 0 Å². The molecule has 1 nitrogen and oxygen atoms in total. The summed E-state index contributed by atoms with van der Waals surface area (Å²) in [6, 6.07) is 0. The molecule has 0 aliphatic carbocycles. The molecule has 2 heterocycles. The molecule has 0 saturated carbocycles. The lowest BCUT2D eigenvalue weighted by atomic mass is 10.0. The van der Waals surface area contributed by atoms with Gasteiger partial charge in [0.2, 0.25) is 0 Å². The number of rotatable bonds is 1. The van der Waals surface area contributed by atoms with Crippen molar-refractivity contribution in [3.63, 3.8) is 0 Å². The third-order valence-corrected chi connectivity index (χ3v) is 3.77. The summed E-state index contributed by atoms with van der Waals surface area (Å²) < 4.78 is 0. The lowest BCUT2D eigenvalue weighted by Gasteiger charge is -2.11. The number of nitrogens with zero attached hydrogens (tertiary/aromatic N) is 1. The molecule has 13 heavy (non-hydrogen) atoms. The monoisotopic (exact) mass is 193 g/mol. The van der Waals surface area contributed by atoms with Crippen LogP contribution in [0.5, 0.6) is 0 Å². The van der Waals surface area contributed by atoms with Crippen LogP contribution in [-0.4, -0.2) is 10.7 Å². The van der Waals surface area contributed by atoms with E-state index in [4.69, 9.17) is 0 Å². The molecular formula is C11H15NS. The molecule has 2 heteroatoms. The van der Waals surface area contributed by atoms with E-state index in [-0.39, 0.29) is 0 Å². The maximum absolute atomic E-state index is 4.46. The Hall–Kier alpha value is -0.500. The van der Waals surface area contributed by atoms with Gasteiger partial charge in [-0.2, -0.15) is 0 Å². The molecule has 0 unspecified atom stereocenters. The second kappa shape index (κ2) is 3.33. The van der Waals surface area contributed by atoms with Crippen LogP contribution in [0, 0.1) is 6.92 Å². The normalized spacial score (nSPS) is 15.1. The molecule has 0 bridgehead atoms. The van der Waals surface area contributed by atoms with Crippen LogP contribution >= 0.6 is 11.8 Å². The number of hydrogen-bond acceptors (Lipinski definition) is 2. The molecule has 0 N–H and O–H groups in total. The highest BCUT2D eigenvalue weighted by atomic mass is 32.2.